The molecule has 0 saturated carbocycles. The first-order valence-corrected chi connectivity index (χ1v) is 2.22. The van der Waals surface area contributed by atoms with E-state index in [0.717, 1.165) is 12.1 Å². The van der Waals surface area contributed by atoms with Crippen LogP contribution in [0.4, 0.5) is 13.2 Å². The fourth-order valence-corrected chi connectivity index (χ4v) is 0.429. The number of rotatable bonds is 0. The molecule has 0 heterocycles. The molecule has 1 aromatic carbocycles. The molecule has 1 rings (SSSR count). The number of halogens is 4. The van der Waals surface area contributed by atoms with E-state index >= 15 is 0 Å². The SMILES string of the molecule is Fc1c[c-]cc(F)c1F.[Cl-].[Mg+2]. The molecule has 0 unspecified atom stereocenters. The zero-order valence-corrected chi connectivity index (χ0v) is 7.54. The third-order valence-electron chi connectivity index (χ3n) is 0.839. The van der Waals surface area contributed by atoms with E-state index in [-0.39, 0.29) is 35.5 Å². The van der Waals surface area contributed by atoms with Gasteiger partial charge >= 0.3 is 23.1 Å². The Morgan fingerprint density at radius 2 is 1.36 bits per heavy atom. The molecule has 0 spiro atoms. The molecule has 56 valence electrons. The summed E-state index contributed by atoms with van der Waals surface area (Å²) >= 11 is 0. The standard InChI is InChI=1S/C6H2F3.ClH.Mg/c7-4-2-1-3-5(8)6(4)9;;/h2-3H;1H;/q-1;;+2/p-1. The molecule has 0 amide bonds. The Morgan fingerprint density at radius 1 is 1.00 bits per heavy atom. The van der Waals surface area contributed by atoms with Gasteiger partial charge in [0.1, 0.15) is 0 Å². The number of benzene rings is 1. The van der Waals surface area contributed by atoms with Crippen LogP contribution in [0.2, 0.25) is 0 Å². The summed E-state index contributed by atoms with van der Waals surface area (Å²) in [5.41, 5.74) is 0. The van der Waals surface area contributed by atoms with Crippen molar-refractivity contribution in [3.63, 3.8) is 0 Å². The summed E-state index contributed by atoms with van der Waals surface area (Å²) < 4.78 is 35.8. The third-order valence-corrected chi connectivity index (χ3v) is 0.839. The first kappa shape index (κ1) is 13.6. The summed E-state index contributed by atoms with van der Waals surface area (Å²) in [4.78, 5) is 0. The average Bonchev–Trinajstić information content (AvgIpc) is 1.83. The van der Waals surface area contributed by atoms with Gasteiger partial charge in [0, 0.05) is 11.6 Å². The molecule has 0 aliphatic heterocycles. The molecule has 0 fully saturated rings. The van der Waals surface area contributed by atoms with Crippen LogP contribution in [-0.2, 0) is 0 Å². The minimum atomic E-state index is -1.45. The van der Waals surface area contributed by atoms with E-state index in [9.17, 15) is 13.2 Å². The quantitative estimate of drug-likeness (QED) is 0.266. The molecule has 1 aromatic rings. The molecule has 0 bridgehead atoms. The molecule has 0 aromatic heterocycles. The van der Waals surface area contributed by atoms with Gasteiger partial charge in [-0.05, 0) is 0 Å². The van der Waals surface area contributed by atoms with E-state index in [1.54, 1.807) is 0 Å². The van der Waals surface area contributed by atoms with Crippen molar-refractivity contribution in [2.24, 2.45) is 0 Å². The summed E-state index contributed by atoms with van der Waals surface area (Å²) in [6.45, 7) is 0. The van der Waals surface area contributed by atoms with Crippen LogP contribution in [0.1, 0.15) is 0 Å². The monoisotopic (exact) mass is 190 g/mol. The van der Waals surface area contributed by atoms with Crippen LogP contribution in [0.5, 0.6) is 0 Å². The van der Waals surface area contributed by atoms with Gasteiger partial charge in [-0.15, -0.1) is 12.1 Å². The maximum Gasteiger partial charge on any atom is 2.00 e. The average molecular weight is 191 g/mol. The Hall–Kier alpha value is 0.0662. The van der Waals surface area contributed by atoms with Crippen LogP contribution >= 0.6 is 0 Å². The van der Waals surface area contributed by atoms with Gasteiger partial charge in [-0.3, -0.25) is 8.78 Å². The van der Waals surface area contributed by atoms with Crippen LogP contribution in [0.25, 0.3) is 0 Å². The minimum absolute atomic E-state index is 0. The zero-order chi connectivity index (χ0) is 6.85. The Morgan fingerprint density at radius 3 is 1.64 bits per heavy atom. The molecule has 0 saturated heterocycles. The molecule has 5 heteroatoms. The van der Waals surface area contributed by atoms with Crippen LogP contribution in [0, 0.1) is 23.5 Å². The number of hydrogen-bond donors (Lipinski definition) is 0. The van der Waals surface area contributed by atoms with Crippen molar-refractivity contribution in [3.8, 4) is 0 Å². The van der Waals surface area contributed by atoms with E-state index in [4.69, 9.17) is 0 Å². The molecule has 0 aliphatic rings. The molecule has 0 radical (unpaired) electrons. The Balaban J connectivity index is 0. The van der Waals surface area contributed by atoms with Crippen molar-refractivity contribution in [2.75, 3.05) is 0 Å². The Labute approximate surface area is 84.4 Å². The fraction of sp³-hybridized carbons (Fsp3) is 0. The topological polar surface area (TPSA) is 0 Å². The second-order valence-electron chi connectivity index (χ2n) is 1.47. The summed E-state index contributed by atoms with van der Waals surface area (Å²) in [5, 5.41) is 0. The van der Waals surface area contributed by atoms with Crippen molar-refractivity contribution < 1.29 is 25.6 Å². The molecule has 0 atom stereocenters. The Kier molecular flexibility index (Phi) is 7.05. The largest absolute Gasteiger partial charge is 2.00 e. The fourth-order valence-electron chi connectivity index (χ4n) is 0.429. The van der Waals surface area contributed by atoms with Gasteiger partial charge in [-0.25, -0.2) is 4.39 Å². The summed E-state index contributed by atoms with van der Waals surface area (Å²) in [6.07, 6.45) is 0. The summed E-state index contributed by atoms with van der Waals surface area (Å²) in [5.74, 6) is -3.88. The van der Waals surface area contributed by atoms with Gasteiger partial charge in [-0.2, -0.15) is 6.07 Å². The maximum atomic E-state index is 12.0. The normalized spacial score (nSPS) is 7.91. The minimum Gasteiger partial charge on any atom is -1.00 e. The molecular formula is C6H2ClF3Mg. The van der Waals surface area contributed by atoms with Gasteiger partial charge in [0.15, 0.2) is 0 Å². The summed E-state index contributed by atoms with van der Waals surface area (Å²) in [6, 6.07) is 3.55. The van der Waals surface area contributed by atoms with E-state index in [1.807, 2.05) is 0 Å². The Bertz CT molecular complexity index is 209. The van der Waals surface area contributed by atoms with Gasteiger partial charge in [-0.1, -0.05) is 0 Å². The smallest absolute Gasteiger partial charge is 1.00 e. The van der Waals surface area contributed by atoms with Crippen molar-refractivity contribution in [2.45, 2.75) is 0 Å². The first-order chi connectivity index (χ1) is 4.22. The predicted molar refractivity (Wildman–Crippen MR) is 30.9 cm³/mol. The zero-order valence-electron chi connectivity index (χ0n) is 5.37. The van der Waals surface area contributed by atoms with Gasteiger partial charge in [0.2, 0.25) is 0 Å². The van der Waals surface area contributed by atoms with Gasteiger partial charge < -0.3 is 12.4 Å². The van der Waals surface area contributed by atoms with Crippen molar-refractivity contribution in [1.82, 2.24) is 0 Å². The van der Waals surface area contributed by atoms with Crippen LogP contribution in [0.3, 0.4) is 0 Å². The van der Waals surface area contributed by atoms with Gasteiger partial charge in [0.25, 0.3) is 0 Å². The third kappa shape index (κ3) is 3.31. The molecule has 0 nitrogen and oxygen atoms in total. The van der Waals surface area contributed by atoms with E-state index in [0.29, 0.717) is 0 Å². The molecule has 11 heavy (non-hydrogen) atoms. The first-order valence-electron chi connectivity index (χ1n) is 2.22. The molecule has 0 N–H and O–H groups in total. The predicted octanol–water partition coefficient (Wildman–Crippen LogP) is -1.47. The van der Waals surface area contributed by atoms with Gasteiger partial charge in [0.05, 0.1) is 5.82 Å². The van der Waals surface area contributed by atoms with Crippen molar-refractivity contribution >= 4 is 23.1 Å². The molecular weight excluding hydrogens is 189 g/mol. The van der Waals surface area contributed by atoms with E-state index in [1.165, 1.54) is 0 Å². The molecule has 0 aliphatic carbocycles. The van der Waals surface area contributed by atoms with Crippen molar-refractivity contribution in [1.29, 1.82) is 0 Å². The van der Waals surface area contributed by atoms with E-state index < -0.39 is 17.5 Å². The summed E-state index contributed by atoms with van der Waals surface area (Å²) in [7, 11) is 0. The van der Waals surface area contributed by atoms with E-state index in [2.05, 4.69) is 6.07 Å². The maximum absolute atomic E-state index is 12.0. The second-order valence-corrected chi connectivity index (χ2v) is 1.47. The second kappa shape index (κ2) is 5.68. The van der Waals surface area contributed by atoms with Crippen LogP contribution in [0.15, 0.2) is 12.1 Å². The van der Waals surface area contributed by atoms with Crippen LogP contribution < -0.4 is 12.4 Å². The number of hydrogen-bond acceptors (Lipinski definition) is 0. The van der Waals surface area contributed by atoms with Crippen LogP contribution in [-0.4, -0.2) is 23.1 Å². The van der Waals surface area contributed by atoms with Crippen molar-refractivity contribution in [3.05, 3.63) is 35.7 Å².